The SMILES string of the molecule is O=C(Cn1c(C(F)(F)F)nc2ccccc21)N1CCN(CCOc2ccccc2)CC1. The van der Waals surface area contributed by atoms with Gasteiger partial charge in [0.25, 0.3) is 0 Å². The van der Waals surface area contributed by atoms with Crippen LogP contribution in [0.15, 0.2) is 54.6 Å². The monoisotopic (exact) mass is 432 g/mol. The van der Waals surface area contributed by atoms with E-state index in [1.165, 1.54) is 6.07 Å². The number of imidazole rings is 1. The van der Waals surface area contributed by atoms with E-state index in [2.05, 4.69) is 9.88 Å². The highest BCUT2D eigenvalue weighted by Crippen LogP contribution is 2.31. The molecule has 1 fully saturated rings. The fraction of sp³-hybridized carbons (Fsp3) is 0.364. The molecule has 1 saturated heterocycles. The molecular formula is C22H23F3N4O2. The van der Waals surface area contributed by atoms with E-state index in [1.54, 1.807) is 23.1 Å². The molecule has 0 bridgehead atoms. The van der Waals surface area contributed by atoms with Crippen LogP contribution in [0.5, 0.6) is 5.75 Å². The molecule has 0 atom stereocenters. The lowest BCUT2D eigenvalue weighted by molar-refractivity contribution is -0.148. The van der Waals surface area contributed by atoms with Crippen LogP contribution in [0.4, 0.5) is 13.2 Å². The number of halogens is 3. The number of nitrogens with zero attached hydrogens (tertiary/aromatic N) is 4. The van der Waals surface area contributed by atoms with E-state index in [1.807, 2.05) is 30.3 Å². The lowest BCUT2D eigenvalue weighted by Gasteiger charge is -2.34. The third kappa shape index (κ3) is 4.99. The molecule has 2 aromatic carbocycles. The van der Waals surface area contributed by atoms with Crippen molar-refractivity contribution in [3.63, 3.8) is 0 Å². The van der Waals surface area contributed by atoms with Gasteiger partial charge in [0.1, 0.15) is 18.9 Å². The quantitative estimate of drug-likeness (QED) is 0.600. The maximum absolute atomic E-state index is 13.4. The zero-order chi connectivity index (χ0) is 21.8. The van der Waals surface area contributed by atoms with Gasteiger partial charge in [-0.05, 0) is 24.3 Å². The second kappa shape index (κ2) is 8.97. The topological polar surface area (TPSA) is 50.6 Å². The van der Waals surface area contributed by atoms with Crippen molar-refractivity contribution < 1.29 is 22.7 Å². The summed E-state index contributed by atoms with van der Waals surface area (Å²) in [5, 5.41) is 0. The van der Waals surface area contributed by atoms with Gasteiger partial charge in [0, 0.05) is 32.7 Å². The predicted octanol–water partition coefficient (Wildman–Crippen LogP) is 3.28. The van der Waals surface area contributed by atoms with Crippen molar-refractivity contribution in [2.45, 2.75) is 12.7 Å². The van der Waals surface area contributed by atoms with Gasteiger partial charge in [-0.15, -0.1) is 0 Å². The van der Waals surface area contributed by atoms with E-state index in [9.17, 15) is 18.0 Å². The second-order valence-electron chi connectivity index (χ2n) is 7.39. The van der Waals surface area contributed by atoms with E-state index in [4.69, 9.17) is 4.74 Å². The average molecular weight is 432 g/mol. The van der Waals surface area contributed by atoms with Crippen molar-refractivity contribution in [1.29, 1.82) is 0 Å². The number of benzene rings is 2. The van der Waals surface area contributed by atoms with Gasteiger partial charge in [0.2, 0.25) is 11.7 Å². The van der Waals surface area contributed by atoms with Crippen molar-refractivity contribution in [2.24, 2.45) is 0 Å². The number of aromatic nitrogens is 2. The summed E-state index contributed by atoms with van der Waals surface area (Å²) in [6.45, 7) is 3.12. The molecule has 0 spiro atoms. The molecule has 9 heteroatoms. The Hall–Kier alpha value is -3.07. The smallest absolute Gasteiger partial charge is 0.449 e. The third-order valence-corrected chi connectivity index (χ3v) is 5.35. The van der Waals surface area contributed by atoms with Crippen molar-refractivity contribution >= 4 is 16.9 Å². The maximum Gasteiger partial charge on any atom is 0.449 e. The summed E-state index contributed by atoms with van der Waals surface area (Å²) in [6, 6.07) is 15.9. The second-order valence-corrected chi connectivity index (χ2v) is 7.39. The van der Waals surface area contributed by atoms with Crippen LogP contribution in [0.1, 0.15) is 5.82 Å². The maximum atomic E-state index is 13.4. The van der Waals surface area contributed by atoms with Gasteiger partial charge in [-0.1, -0.05) is 30.3 Å². The first kappa shape index (κ1) is 21.2. The first-order valence-corrected chi connectivity index (χ1v) is 10.1. The number of fused-ring (bicyclic) bond motifs is 1. The summed E-state index contributed by atoms with van der Waals surface area (Å²) in [5.74, 6) is -0.572. The molecule has 4 rings (SSSR count). The van der Waals surface area contributed by atoms with Crippen LogP contribution in [0.2, 0.25) is 0 Å². The number of hydrogen-bond donors (Lipinski definition) is 0. The van der Waals surface area contributed by atoms with E-state index in [-0.39, 0.29) is 18.0 Å². The molecule has 0 radical (unpaired) electrons. The summed E-state index contributed by atoms with van der Waals surface area (Å²) in [7, 11) is 0. The van der Waals surface area contributed by atoms with Crippen LogP contribution in [0, 0.1) is 0 Å². The minimum absolute atomic E-state index is 0.228. The van der Waals surface area contributed by atoms with Gasteiger partial charge in [0.15, 0.2) is 0 Å². The molecule has 1 aliphatic heterocycles. The van der Waals surface area contributed by atoms with Crippen molar-refractivity contribution in [2.75, 3.05) is 39.3 Å². The molecule has 2 heterocycles. The third-order valence-electron chi connectivity index (χ3n) is 5.35. The van der Waals surface area contributed by atoms with E-state index < -0.39 is 12.0 Å². The summed E-state index contributed by atoms with van der Waals surface area (Å²) in [5.41, 5.74) is 0.533. The Bertz CT molecular complexity index is 1030. The highest BCUT2D eigenvalue weighted by atomic mass is 19.4. The summed E-state index contributed by atoms with van der Waals surface area (Å²) in [6.07, 6.45) is -4.63. The van der Waals surface area contributed by atoms with E-state index >= 15 is 0 Å². The minimum atomic E-state index is -4.63. The van der Waals surface area contributed by atoms with Crippen LogP contribution < -0.4 is 4.74 Å². The molecule has 0 aliphatic carbocycles. The van der Waals surface area contributed by atoms with Crippen LogP contribution in [0.3, 0.4) is 0 Å². The number of carbonyl (C=O) groups excluding carboxylic acids is 1. The van der Waals surface area contributed by atoms with Crippen molar-refractivity contribution in [3.8, 4) is 5.75 Å². The molecule has 1 aliphatic rings. The van der Waals surface area contributed by atoms with Gasteiger partial charge in [-0.3, -0.25) is 9.69 Å². The van der Waals surface area contributed by atoms with Crippen LogP contribution in [-0.4, -0.2) is 64.6 Å². The Balaban J connectivity index is 1.33. The fourth-order valence-electron chi connectivity index (χ4n) is 3.72. The highest BCUT2D eigenvalue weighted by Gasteiger charge is 2.38. The molecule has 1 amide bonds. The first-order valence-electron chi connectivity index (χ1n) is 10.1. The number of ether oxygens (including phenoxy) is 1. The standard InChI is InChI=1S/C22H23F3N4O2/c23-22(24,25)21-26-18-8-4-5-9-19(18)29(21)16-20(30)28-12-10-27(11-13-28)14-15-31-17-6-2-1-3-7-17/h1-9H,10-16H2. The highest BCUT2D eigenvalue weighted by molar-refractivity contribution is 5.81. The number of amides is 1. The minimum Gasteiger partial charge on any atom is -0.492 e. The number of piperazine rings is 1. The zero-order valence-corrected chi connectivity index (χ0v) is 16.9. The summed E-state index contributed by atoms with van der Waals surface area (Å²) >= 11 is 0. The van der Waals surface area contributed by atoms with Crippen LogP contribution in [-0.2, 0) is 17.5 Å². The number of para-hydroxylation sites is 3. The lowest BCUT2D eigenvalue weighted by atomic mass is 10.3. The molecule has 164 valence electrons. The predicted molar refractivity (Wildman–Crippen MR) is 110 cm³/mol. The number of rotatable bonds is 6. The Morgan fingerprint density at radius 2 is 1.65 bits per heavy atom. The Morgan fingerprint density at radius 3 is 2.35 bits per heavy atom. The first-order chi connectivity index (χ1) is 14.9. The zero-order valence-electron chi connectivity index (χ0n) is 16.9. The molecule has 0 N–H and O–H groups in total. The van der Waals surface area contributed by atoms with Gasteiger partial charge < -0.3 is 14.2 Å². The van der Waals surface area contributed by atoms with E-state index in [0.717, 1.165) is 16.9 Å². The van der Waals surface area contributed by atoms with Crippen molar-refractivity contribution in [1.82, 2.24) is 19.4 Å². The van der Waals surface area contributed by atoms with Gasteiger partial charge >= 0.3 is 6.18 Å². The molecular weight excluding hydrogens is 409 g/mol. The Labute approximate surface area is 177 Å². The summed E-state index contributed by atoms with van der Waals surface area (Å²) < 4.78 is 47.0. The normalized spacial score (nSPS) is 15.4. The molecule has 6 nitrogen and oxygen atoms in total. The van der Waals surface area contributed by atoms with E-state index in [0.29, 0.717) is 38.3 Å². The number of alkyl halides is 3. The average Bonchev–Trinajstić information content (AvgIpc) is 3.14. The van der Waals surface area contributed by atoms with Gasteiger partial charge in [-0.25, -0.2) is 4.98 Å². The fourth-order valence-corrected chi connectivity index (χ4v) is 3.72. The molecule has 0 unspecified atom stereocenters. The van der Waals surface area contributed by atoms with Gasteiger partial charge in [-0.2, -0.15) is 13.2 Å². The lowest BCUT2D eigenvalue weighted by Crippen LogP contribution is -2.50. The van der Waals surface area contributed by atoms with Crippen molar-refractivity contribution in [3.05, 3.63) is 60.4 Å². The Kier molecular flexibility index (Phi) is 6.13. The summed E-state index contributed by atoms with van der Waals surface area (Å²) in [4.78, 5) is 20.3. The Morgan fingerprint density at radius 1 is 0.968 bits per heavy atom. The van der Waals surface area contributed by atoms with Crippen LogP contribution in [0.25, 0.3) is 11.0 Å². The molecule has 0 saturated carbocycles. The largest absolute Gasteiger partial charge is 0.492 e. The molecule has 3 aromatic rings. The number of hydrogen-bond acceptors (Lipinski definition) is 4. The van der Waals surface area contributed by atoms with Crippen LogP contribution >= 0.6 is 0 Å². The van der Waals surface area contributed by atoms with Gasteiger partial charge in [0.05, 0.1) is 11.0 Å². The molecule has 1 aromatic heterocycles. The molecule has 31 heavy (non-hydrogen) atoms. The number of carbonyl (C=O) groups is 1.